The van der Waals surface area contributed by atoms with Crippen LogP contribution >= 0.6 is 0 Å². The molecule has 2 unspecified atom stereocenters. The molecular weight excluding hydrogens is 190 g/mol. The first-order valence-corrected chi connectivity index (χ1v) is 5.37. The summed E-state index contributed by atoms with van der Waals surface area (Å²) < 4.78 is 7.12. The minimum Gasteiger partial charge on any atom is -0.380 e. The third-order valence-electron chi connectivity index (χ3n) is 2.61. The Balaban J connectivity index is 2.57. The smallest absolute Gasteiger partial charge is 0.0697 e. The molecule has 0 aromatic carbocycles. The monoisotopic (exact) mass is 211 g/mol. The van der Waals surface area contributed by atoms with Gasteiger partial charge in [0, 0.05) is 31.8 Å². The molecule has 0 bridgehead atoms. The Morgan fingerprint density at radius 1 is 1.47 bits per heavy atom. The van der Waals surface area contributed by atoms with Crippen molar-refractivity contribution in [2.24, 2.45) is 5.73 Å². The van der Waals surface area contributed by atoms with Crippen molar-refractivity contribution < 1.29 is 4.74 Å². The van der Waals surface area contributed by atoms with Crippen LogP contribution in [0.4, 0.5) is 0 Å². The molecule has 0 amide bonds. The second kappa shape index (κ2) is 5.28. The molecular formula is C11H21N3O. The van der Waals surface area contributed by atoms with Crippen LogP contribution in [-0.4, -0.2) is 29.0 Å². The standard InChI is InChI=1S/C11H21N3O/c1-8(2)14-6-5-10(13-14)7-11(12)9(3)15-4/h5-6,8-9,11H,7,12H2,1-4H3. The summed E-state index contributed by atoms with van der Waals surface area (Å²) in [4.78, 5) is 0. The summed E-state index contributed by atoms with van der Waals surface area (Å²) in [6, 6.07) is 2.42. The van der Waals surface area contributed by atoms with E-state index in [0.717, 1.165) is 12.1 Å². The number of nitrogens with two attached hydrogens (primary N) is 1. The van der Waals surface area contributed by atoms with Gasteiger partial charge in [0.15, 0.2) is 0 Å². The first-order chi connectivity index (χ1) is 7.04. The van der Waals surface area contributed by atoms with E-state index < -0.39 is 0 Å². The van der Waals surface area contributed by atoms with E-state index in [-0.39, 0.29) is 12.1 Å². The summed E-state index contributed by atoms with van der Waals surface area (Å²) >= 11 is 0. The van der Waals surface area contributed by atoms with Crippen molar-refractivity contribution in [3.8, 4) is 0 Å². The first-order valence-electron chi connectivity index (χ1n) is 5.37. The Labute approximate surface area is 91.4 Å². The Bertz CT molecular complexity index is 296. The molecule has 86 valence electrons. The van der Waals surface area contributed by atoms with Crippen LogP contribution in [-0.2, 0) is 11.2 Å². The molecule has 0 fully saturated rings. The Hall–Kier alpha value is -0.870. The molecule has 1 rings (SSSR count). The van der Waals surface area contributed by atoms with Gasteiger partial charge in [0.05, 0.1) is 11.8 Å². The lowest BCUT2D eigenvalue weighted by molar-refractivity contribution is 0.0952. The average molecular weight is 211 g/mol. The van der Waals surface area contributed by atoms with Gasteiger partial charge in [-0.1, -0.05) is 0 Å². The number of nitrogens with zero attached hydrogens (tertiary/aromatic N) is 2. The van der Waals surface area contributed by atoms with Crippen molar-refractivity contribution in [3.05, 3.63) is 18.0 Å². The molecule has 15 heavy (non-hydrogen) atoms. The predicted molar refractivity (Wildman–Crippen MR) is 60.8 cm³/mol. The fourth-order valence-corrected chi connectivity index (χ4v) is 1.36. The van der Waals surface area contributed by atoms with Gasteiger partial charge in [-0.05, 0) is 26.8 Å². The normalized spacial score (nSPS) is 15.6. The zero-order valence-electron chi connectivity index (χ0n) is 9.97. The molecule has 0 saturated heterocycles. The molecule has 2 N–H and O–H groups in total. The zero-order chi connectivity index (χ0) is 11.4. The van der Waals surface area contributed by atoms with E-state index in [9.17, 15) is 0 Å². The largest absolute Gasteiger partial charge is 0.380 e. The first kappa shape index (κ1) is 12.2. The number of rotatable bonds is 5. The third kappa shape index (κ3) is 3.32. The topological polar surface area (TPSA) is 53.1 Å². The number of hydrogen-bond acceptors (Lipinski definition) is 3. The lowest BCUT2D eigenvalue weighted by Gasteiger charge is -2.17. The summed E-state index contributed by atoms with van der Waals surface area (Å²) in [5.41, 5.74) is 7.00. The minimum absolute atomic E-state index is 0.00510. The van der Waals surface area contributed by atoms with Gasteiger partial charge in [-0.3, -0.25) is 4.68 Å². The molecule has 1 heterocycles. The molecule has 1 aromatic rings. The minimum atomic E-state index is 0.00510. The van der Waals surface area contributed by atoms with Gasteiger partial charge in [0.2, 0.25) is 0 Å². The molecule has 1 aromatic heterocycles. The van der Waals surface area contributed by atoms with Gasteiger partial charge < -0.3 is 10.5 Å². The lowest BCUT2D eigenvalue weighted by Crippen LogP contribution is -2.36. The summed E-state index contributed by atoms with van der Waals surface area (Å²) in [5, 5.41) is 4.45. The van der Waals surface area contributed by atoms with Crippen LogP contribution in [0.1, 0.15) is 32.5 Å². The van der Waals surface area contributed by atoms with Crippen molar-refractivity contribution in [1.82, 2.24) is 9.78 Å². The molecule has 4 nitrogen and oxygen atoms in total. The molecule has 0 aliphatic carbocycles. The molecule has 0 saturated carbocycles. The van der Waals surface area contributed by atoms with Crippen LogP contribution in [0.5, 0.6) is 0 Å². The second-order valence-corrected chi connectivity index (χ2v) is 4.19. The van der Waals surface area contributed by atoms with Gasteiger partial charge in [0.1, 0.15) is 0 Å². The molecule has 0 radical (unpaired) electrons. The van der Waals surface area contributed by atoms with E-state index in [4.69, 9.17) is 10.5 Å². The van der Waals surface area contributed by atoms with Crippen LogP contribution in [0, 0.1) is 0 Å². The quantitative estimate of drug-likeness (QED) is 0.800. The predicted octanol–water partition coefficient (Wildman–Crippen LogP) is 1.37. The van der Waals surface area contributed by atoms with E-state index in [2.05, 4.69) is 18.9 Å². The van der Waals surface area contributed by atoms with Crippen molar-refractivity contribution in [2.75, 3.05) is 7.11 Å². The van der Waals surface area contributed by atoms with E-state index in [1.807, 2.05) is 23.9 Å². The fraction of sp³-hybridized carbons (Fsp3) is 0.727. The number of hydrogen-bond donors (Lipinski definition) is 1. The van der Waals surface area contributed by atoms with E-state index in [1.54, 1.807) is 7.11 Å². The number of methoxy groups -OCH3 is 1. The maximum atomic E-state index is 5.97. The van der Waals surface area contributed by atoms with Crippen molar-refractivity contribution in [2.45, 2.75) is 45.4 Å². The summed E-state index contributed by atoms with van der Waals surface area (Å²) in [6.07, 6.45) is 2.81. The van der Waals surface area contributed by atoms with E-state index in [1.165, 1.54) is 0 Å². The highest BCUT2D eigenvalue weighted by molar-refractivity contribution is 5.02. The van der Waals surface area contributed by atoms with E-state index in [0.29, 0.717) is 6.04 Å². The summed E-state index contributed by atoms with van der Waals surface area (Å²) in [6.45, 7) is 6.19. The van der Waals surface area contributed by atoms with Gasteiger partial charge in [0.25, 0.3) is 0 Å². The SMILES string of the molecule is COC(C)C(N)Cc1ccn(C(C)C)n1. The fourth-order valence-electron chi connectivity index (χ4n) is 1.36. The van der Waals surface area contributed by atoms with Crippen molar-refractivity contribution >= 4 is 0 Å². The molecule has 2 atom stereocenters. The molecule has 4 heteroatoms. The third-order valence-corrected chi connectivity index (χ3v) is 2.61. The van der Waals surface area contributed by atoms with Crippen LogP contribution in [0.15, 0.2) is 12.3 Å². The molecule has 0 aliphatic heterocycles. The summed E-state index contributed by atoms with van der Waals surface area (Å²) in [5.74, 6) is 0. The Morgan fingerprint density at radius 3 is 2.60 bits per heavy atom. The van der Waals surface area contributed by atoms with Gasteiger partial charge in [-0.25, -0.2) is 0 Å². The Morgan fingerprint density at radius 2 is 2.13 bits per heavy atom. The van der Waals surface area contributed by atoms with Gasteiger partial charge >= 0.3 is 0 Å². The number of ether oxygens (including phenoxy) is 1. The van der Waals surface area contributed by atoms with Crippen LogP contribution in [0.2, 0.25) is 0 Å². The molecule has 0 spiro atoms. The van der Waals surface area contributed by atoms with E-state index >= 15 is 0 Å². The number of aromatic nitrogens is 2. The highest BCUT2D eigenvalue weighted by atomic mass is 16.5. The molecule has 0 aliphatic rings. The second-order valence-electron chi connectivity index (χ2n) is 4.19. The highest BCUT2D eigenvalue weighted by Crippen LogP contribution is 2.07. The maximum Gasteiger partial charge on any atom is 0.0697 e. The van der Waals surface area contributed by atoms with Crippen LogP contribution in [0.3, 0.4) is 0 Å². The maximum absolute atomic E-state index is 5.97. The van der Waals surface area contributed by atoms with Crippen LogP contribution < -0.4 is 5.73 Å². The van der Waals surface area contributed by atoms with Crippen molar-refractivity contribution in [3.63, 3.8) is 0 Å². The van der Waals surface area contributed by atoms with Gasteiger partial charge in [-0.2, -0.15) is 5.10 Å². The lowest BCUT2D eigenvalue weighted by atomic mass is 10.1. The van der Waals surface area contributed by atoms with Gasteiger partial charge in [-0.15, -0.1) is 0 Å². The summed E-state index contributed by atoms with van der Waals surface area (Å²) in [7, 11) is 1.68. The van der Waals surface area contributed by atoms with Crippen molar-refractivity contribution in [1.29, 1.82) is 0 Å². The Kier molecular flexibility index (Phi) is 4.29. The average Bonchev–Trinajstić information content (AvgIpc) is 2.65. The zero-order valence-corrected chi connectivity index (χ0v) is 9.97. The highest BCUT2D eigenvalue weighted by Gasteiger charge is 2.14. The van der Waals surface area contributed by atoms with Crippen LogP contribution in [0.25, 0.3) is 0 Å².